The summed E-state index contributed by atoms with van der Waals surface area (Å²) in [5, 5.41) is 0. The van der Waals surface area contributed by atoms with E-state index in [1.807, 2.05) is 0 Å². The Balaban J connectivity index is 1.71. The molecule has 1 saturated heterocycles. The van der Waals surface area contributed by atoms with E-state index < -0.39 is 0 Å². The summed E-state index contributed by atoms with van der Waals surface area (Å²) in [5.74, 6) is 1.15. The predicted molar refractivity (Wildman–Crippen MR) is 104 cm³/mol. The summed E-state index contributed by atoms with van der Waals surface area (Å²) in [4.78, 5) is 12.5. The van der Waals surface area contributed by atoms with Crippen molar-refractivity contribution in [3.05, 3.63) is 53.1 Å². The molecule has 5 rings (SSSR count). The second-order valence-electron chi connectivity index (χ2n) is 7.43. The third-order valence-corrected chi connectivity index (χ3v) is 5.69. The van der Waals surface area contributed by atoms with E-state index in [2.05, 4.69) is 65.1 Å². The minimum atomic E-state index is 1.04. The first-order valence-electron chi connectivity index (χ1n) is 9.23. The Hall–Kier alpha value is -2.33. The van der Waals surface area contributed by atoms with Crippen molar-refractivity contribution in [3.8, 4) is 0 Å². The van der Waals surface area contributed by atoms with Crippen LogP contribution in [0.15, 0.2) is 41.4 Å². The molecule has 0 atom stereocenters. The van der Waals surface area contributed by atoms with Crippen LogP contribution in [-0.4, -0.2) is 55.4 Å². The summed E-state index contributed by atoms with van der Waals surface area (Å²) in [6.45, 7) is 7.49. The molecule has 2 aromatic carbocycles. The minimum absolute atomic E-state index is 1.04. The fourth-order valence-corrected chi connectivity index (χ4v) is 4.26. The first-order chi connectivity index (χ1) is 12.2. The summed E-state index contributed by atoms with van der Waals surface area (Å²) >= 11 is 0. The van der Waals surface area contributed by atoms with Crippen molar-refractivity contribution in [2.45, 2.75) is 13.3 Å². The molecule has 3 heterocycles. The third-order valence-electron chi connectivity index (χ3n) is 5.69. The van der Waals surface area contributed by atoms with Crippen molar-refractivity contribution in [2.75, 3.05) is 44.7 Å². The number of nitrogens with zero attached hydrogens (tertiary/aromatic N) is 4. The zero-order valence-corrected chi connectivity index (χ0v) is 15.0. The molecule has 4 nitrogen and oxygen atoms in total. The van der Waals surface area contributed by atoms with Crippen LogP contribution in [0.25, 0.3) is 0 Å². The zero-order valence-electron chi connectivity index (χ0n) is 15.0. The van der Waals surface area contributed by atoms with Gasteiger partial charge in [0.05, 0.1) is 17.1 Å². The Morgan fingerprint density at radius 3 is 2.64 bits per heavy atom. The SMILES string of the molecule is Cc1ccc2c(c1)N1CCc3cccc(c31)C(N1CCN(C)CC1)=N2. The largest absolute Gasteiger partial charge is 0.353 e. The van der Waals surface area contributed by atoms with Crippen LogP contribution >= 0.6 is 0 Å². The maximum absolute atomic E-state index is 5.18. The lowest BCUT2D eigenvalue weighted by molar-refractivity contribution is 0.216. The van der Waals surface area contributed by atoms with E-state index >= 15 is 0 Å². The Kier molecular flexibility index (Phi) is 3.35. The van der Waals surface area contributed by atoms with Gasteiger partial charge < -0.3 is 14.7 Å². The van der Waals surface area contributed by atoms with E-state index in [1.165, 1.54) is 28.1 Å². The van der Waals surface area contributed by atoms with Crippen molar-refractivity contribution in [3.63, 3.8) is 0 Å². The fourth-order valence-electron chi connectivity index (χ4n) is 4.26. The van der Waals surface area contributed by atoms with E-state index in [9.17, 15) is 0 Å². The molecule has 25 heavy (non-hydrogen) atoms. The number of likely N-dealkylation sites (N-methyl/N-ethyl adjacent to an activating group) is 1. The van der Waals surface area contributed by atoms with Crippen LogP contribution in [-0.2, 0) is 6.42 Å². The Labute approximate surface area is 149 Å². The van der Waals surface area contributed by atoms with Gasteiger partial charge >= 0.3 is 0 Å². The maximum Gasteiger partial charge on any atom is 0.138 e. The molecule has 2 aromatic rings. The van der Waals surface area contributed by atoms with Crippen molar-refractivity contribution >= 4 is 22.9 Å². The van der Waals surface area contributed by atoms with E-state index in [0.717, 1.165) is 50.7 Å². The fraction of sp³-hybridized carbons (Fsp3) is 0.381. The number of benzene rings is 2. The molecule has 0 aliphatic carbocycles. The van der Waals surface area contributed by atoms with Crippen LogP contribution in [0, 0.1) is 6.92 Å². The number of fused-ring (bicyclic) bond motifs is 2. The summed E-state index contributed by atoms with van der Waals surface area (Å²) in [5.41, 5.74) is 7.79. The lowest BCUT2D eigenvalue weighted by Crippen LogP contribution is -2.47. The number of anilines is 2. The Morgan fingerprint density at radius 2 is 1.80 bits per heavy atom. The average Bonchev–Trinajstić information content (AvgIpc) is 3.00. The zero-order chi connectivity index (χ0) is 17.0. The first kappa shape index (κ1) is 15.0. The number of aryl methyl sites for hydroxylation is 1. The normalized spacial score (nSPS) is 19.4. The van der Waals surface area contributed by atoms with Crippen LogP contribution in [0.2, 0.25) is 0 Å². The van der Waals surface area contributed by atoms with Crippen molar-refractivity contribution < 1.29 is 0 Å². The van der Waals surface area contributed by atoms with Gasteiger partial charge in [0.15, 0.2) is 0 Å². The number of rotatable bonds is 0. The van der Waals surface area contributed by atoms with Crippen LogP contribution in [0.5, 0.6) is 0 Å². The number of hydrogen-bond donors (Lipinski definition) is 0. The monoisotopic (exact) mass is 332 g/mol. The number of aliphatic imine (C=N–C) groups is 1. The molecule has 4 heteroatoms. The number of hydrogen-bond acceptors (Lipinski definition) is 4. The lowest BCUT2D eigenvalue weighted by Gasteiger charge is -2.35. The van der Waals surface area contributed by atoms with Gasteiger partial charge in [0.2, 0.25) is 0 Å². The van der Waals surface area contributed by atoms with Gasteiger partial charge in [0.1, 0.15) is 5.84 Å². The number of piperazine rings is 1. The molecule has 3 aliphatic rings. The van der Waals surface area contributed by atoms with Crippen LogP contribution in [0.4, 0.5) is 17.1 Å². The summed E-state index contributed by atoms with van der Waals surface area (Å²) in [6, 6.07) is 13.4. The standard InChI is InChI=1S/C21H24N4/c1-15-6-7-18-19(14-15)25-9-8-16-4-3-5-17(20(16)25)21(22-18)24-12-10-23(2)11-13-24/h3-7,14H,8-13H2,1-2H3. The van der Waals surface area contributed by atoms with Gasteiger partial charge in [-0.25, -0.2) is 4.99 Å². The van der Waals surface area contributed by atoms with E-state index in [-0.39, 0.29) is 0 Å². The summed E-state index contributed by atoms with van der Waals surface area (Å²) in [6.07, 6.45) is 1.12. The quantitative estimate of drug-likeness (QED) is 0.739. The van der Waals surface area contributed by atoms with Crippen molar-refractivity contribution in [1.29, 1.82) is 0 Å². The molecule has 0 unspecified atom stereocenters. The smallest absolute Gasteiger partial charge is 0.138 e. The van der Waals surface area contributed by atoms with Gasteiger partial charge in [0, 0.05) is 38.3 Å². The van der Waals surface area contributed by atoms with E-state index in [4.69, 9.17) is 4.99 Å². The first-order valence-corrected chi connectivity index (χ1v) is 9.23. The molecule has 3 aliphatic heterocycles. The highest BCUT2D eigenvalue weighted by molar-refractivity contribution is 6.09. The second kappa shape index (κ2) is 5.60. The highest BCUT2D eigenvalue weighted by atomic mass is 15.3. The molecular weight excluding hydrogens is 308 g/mol. The average molecular weight is 332 g/mol. The topological polar surface area (TPSA) is 22.1 Å². The molecule has 0 N–H and O–H groups in total. The molecule has 0 amide bonds. The third kappa shape index (κ3) is 2.35. The van der Waals surface area contributed by atoms with Crippen LogP contribution in [0.3, 0.4) is 0 Å². The van der Waals surface area contributed by atoms with Crippen molar-refractivity contribution in [1.82, 2.24) is 9.80 Å². The second-order valence-corrected chi connectivity index (χ2v) is 7.43. The summed E-state index contributed by atoms with van der Waals surface area (Å²) < 4.78 is 0. The lowest BCUT2D eigenvalue weighted by atomic mass is 10.1. The number of para-hydroxylation sites is 1. The molecule has 0 radical (unpaired) electrons. The number of amidine groups is 1. The Morgan fingerprint density at radius 1 is 0.960 bits per heavy atom. The van der Waals surface area contributed by atoms with Gasteiger partial charge in [-0.3, -0.25) is 0 Å². The van der Waals surface area contributed by atoms with Gasteiger partial charge in [-0.2, -0.15) is 0 Å². The van der Waals surface area contributed by atoms with Crippen molar-refractivity contribution in [2.24, 2.45) is 4.99 Å². The molecule has 0 aromatic heterocycles. The predicted octanol–water partition coefficient (Wildman–Crippen LogP) is 3.33. The van der Waals surface area contributed by atoms with Gasteiger partial charge in [-0.15, -0.1) is 0 Å². The van der Waals surface area contributed by atoms with E-state index in [1.54, 1.807) is 0 Å². The van der Waals surface area contributed by atoms with Gasteiger partial charge in [-0.1, -0.05) is 18.2 Å². The highest BCUT2D eigenvalue weighted by Gasteiger charge is 2.32. The molecule has 128 valence electrons. The van der Waals surface area contributed by atoms with Gasteiger partial charge in [-0.05, 0) is 49.7 Å². The van der Waals surface area contributed by atoms with Crippen LogP contribution < -0.4 is 4.90 Å². The Bertz CT molecular complexity index is 862. The molecular formula is C21H24N4. The molecule has 0 saturated carbocycles. The van der Waals surface area contributed by atoms with Gasteiger partial charge in [0.25, 0.3) is 0 Å². The highest BCUT2D eigenvalue weighted by Crippen LogP contribution is 2.45. The van der Waals surface area contributed by atoms with Crippen LogP contribution in [0.1, 0.15) is 16.7 Å². The molecule has 1 fully saturated rings. The molecule has 0 spiro atoms. The summed E-state index contributed by atoms with van der Waals surface area (Å²) in [7, 11) is 2.20. The maximum atomic E-state index is 5.18. The molecule has 0 bridgehead atoms. The van der Waals surface area contributed by atoms with E-state index in [0.29, 0.717) is 0 Å². The minimum Gasteiger partial charge on any atom is -0.353 e.